The molecule has 2 heterocycles. The van der Waals surface area contributed by atoms with E-state index in [4.69, 9.17) is 0 Å². The number of carbonyl (C=O) groups excluding carboxylic acids is 1. The van der Waals surface area contributed by atoms with Crippen LogP contribution < -0.4 is 9.80 Å². The lowest BCUT2D eigenvalue weighted by Gasteiger charge is -2.36. The Labute approximate surface area is 170 Å². The molecule has 1 aliphatic heterocycles. The number of carbonyl (C=O) groups is 1. The Morgan fingerprint density at radius 3 is 2.34 bits per heavy atom. The minimum absolute atomic E-state index is 0.00821. The zero-order chi connectivity index (χ0) is 20.2. The standard InChI is InChI=1S/C23H23FN4O/c1-26(20-5-3-2-4-6-20)22-17-18(11-12-25-22)23(29)28-15-13-27(14-16-28)21-9-7-19(24)8-10-21/h2-12,17H,13-16H2,1H3. The van der Waals surface area contributed by atoms with Crippen molar-refractivity contribution in [3.05, 3.63) is 84.3 Å². The molecule has 2 aromatic carbocycles. The molecule has 0 atom stereocenters. The van der Waals surface area contributed by atoms with E-state index in [0.717, 1.165) is 30.3 Å². The summed E-state index contributed by atoms with van der Waals surface area (Å²) in [6, 6.07) is 20.0. The van der Waals surface area contributed by atoms with Crippen molar-refractivity contribution in [1.82, 2.24) is 9.88 Å². The van der Waals surface area contributed by atoms with Crippen molar-refractivity contribution in [2.75, 3.05) is 43.0 Å². The van der Waals surface area contributed by atoms with Crippen molar-refractivity contribution >= 4 is 23.1 Å². The summed E-state index contributed by atoms with van der Waals surface area (Å²) in [7, 11) is 1.94. The van der Waals surface area contributed by atoms with Gasteiger partial charge in [0, 0.05) is 56.4 Å². The second kappa shape index (κ2) is 8.31. The summed E-state index contributed by atoms with van der Waals surface area (Å²) < 4.78 is 13.1. The van der Waals surface area contributed by atoms with Crippen molar-refractivity contribution < 1.29 is 9.18 Å². The third kappa shape index (κ3) is 4.21. The van der Waals surface area contributed by atoms with Gasteiger partial charge in [0.15, 0.2) is 0 Å². The van der Waals surface area contributed by atoms with E-state index >= 15 is 0 Å². The van der Waals surface area contributed by atoms with E-state index < -0.39 is 0 Å². The number of pyridine rings is 1. The van der Waals surface area contributed by atoms with E-state index in [0.29, 0.717) is 18.7 Å². The van der Waals surface area contributed by atoms with Gasteiger partial charge in [0.1, 0.15) is 11.6 Å². The first-order valence-corrected chi connectivity index (χ1v) is 9.66. The fourth-order valence-electron chi connectivity index (χ4n) is 3.52. The molecule has 0 N–H and O–H groups in total. The number of amides is 1. The summed E-state index contributed by atoms with van der Waals surface area (Å²) in [5, 5.41) is 0. The van der Waals surface area contributed by atoms with Crippen LogP contribution in [0.3, 0.4) is 0 Å². The Bertz CT molecular complexity index is 970. The van der Waals surface area contributed by atoms with Crippen LogP contribution in [0.2, 0.25) is 0 Å². The fraction of sp³-hybridized carbons (Fsp3) is 0.217. The molecule has 0 unspecified atom stereocenters. The van der Waals surface area contributed by atoms with E-state index in [9.17, 15) is 9.18 Å². The molecule has 6 heteroatoms. The van der Waals surface area contributed by atoms with Crippen molar-refractivity contribution in [3.8, 4) is 0 Å². The van der Waals surface area contributed by atoms with Gasteiger partial charge in [0.05, 0.1) is 0 Å². The number of hydrogen-bond acceptors (Lipinski definition) is 4. The maximum absolute atomic E-state index is 13.1. The molecule has 29 heavy (non-hydrogen) atoms. The van der Waals surface area contributed by atoms with E-state index in [1.807, 2.05) is 53.2 Å². The highest BCUT2D eigenvalue weighted by molar-refractivity contribution is 5.95. The normalized spacial score (nSPS) is 14.0. The van der Waals surface area contributed by atoms with Crippen molar-refractivity contribution in [3.63, 3.8) is 0 Å². The molecular weight excluding hydrogens is 367 g/mol. The van der Waals surface area contributed by atoms with Gasteiger partial charge in [-0.2, -0.15) is 0 Å². The molecular formula is C23H23FN4O. The first-order valence-electron chi connectivity index (χ1n) is 9.66. The topological polar surface area (TPSA) is 39.7 Å². The second-order valence-electron chi connectivity index (χ2n) is 7.05. The predicted octanol–water partition coefficient (Wildman–Crippen LogP) is 3.95. The molecule has 1 aromatic heterocycles. The van der Waals surface area contributed by atoms with Crippen LogP contribution >= 0.6 is 0 Å². The molecule has 5 nitrogen and oxygen atoms in total. The van der Waals surface area contributed by atoms with Crippen LogP contribution in [-0.4, -0.2) is 49.0 Å². The molecule has 0 bridgehead atoms. The van der Waals surface area contributed by atoms with E-state index in [1.54, 1.807) is 24.4 Å². The Hall–Kier alpha value is -3.41. The summed E-state index contributed by atoms with van der Waals surface area (Å²) in [4.78, 5) is 23.4. The Kier molecular flexibility index (Phi) is 5.42. The number of anilines is 3. The summed E-state index contributed by atoms with van der Waals surface area (Å²) in [5.41, 5.74) is 2.62. The average molecular weight is 390 g/mol. The van der Waals surface area contributed by atoms with Gasteiger partial charge in [-0.25, -0.2) is 9.37 Å². The molecule has 0 saturated carbocycles. The molecule has 0 radical (unpaired) electrons. The number of nitrogens with zero attached hydrogens (tertiary/aromatic N) is 4. The molecule has 1 saturated heterocycles. The summed E-state index contributed by atoms with van der Waals surface area (Å²) >= 11 is 0. The second-order valence-corrected chi connectivity index (χ2v) is 7.05. The van der Waals surface area contributed by atoms with E-state index in [2.05, 4.69) is 9.88 Å². The van der Waals surface area contributed by atoms with Gasteiger partial charge in [0.2, 0.25) is 0 Å². The van der Waals surface area contributed by atoms with Gasteiger partial charge in [-0.15, -0.1) is 0 Å². The van der Waals surface area contributed by atoms with Crippen molar-refractivity contribution in [2.45, 2.75) is 0 Å². The van der Waals surface area contributed by atoms with Crippen LogP contribution in [-0.2, 0) is 0 Å². The predicted molar refractivity (Wildman–Crippen MR) is 113 cm³/mol. The summed E-state index contributed by atoms with van der Waals surface area (Å²) in [6.45, 7) is 2.70. The maximum Gasteiger partial charge on any atom is 0.254 e. The minimum Gasteiger partial charge on any atom is -0.368 e. The monoisotopic (exact) mass is 390 g/mol. The van der Waals surface area contributed by atoms with E-state index in [-0.39, 0.29) is 11.7 Å². The Morgan fingerprint density at radius 2 is 1.66 bits per heavy atom. The molecule has 148 valence electrons. The quantitative estimate of drug-likeness (QED) is 0.676. The van der Waals surface area contributed by atoms with Crippen LogP contribution in [0.5, 0.6) is 0 Å². The Balaban J connectivity index is 1.43. The lowest BCUT2D eigenvalue weighted by Crippen LogP contribution is -2.48. The lowest BCUT2D eigenvalue weighted by atomic mass is 10.2. The van der Waals surface area contributed by atoms with Gasteiger partial charge in [0.25, 0.3) is 5.91 Å². The van der Waals surface area contributed by atoms with Crippen LogP contribution in [0.15, 0.2) is 72.9 Å². The number of rotatable bonds is 4. The largest absolute Gasteiger partial charge is 0.368 e. The van der Waals surface area contributed by atoms with Crippen LogP contribution in [0.4, 0.5) is 21.6 Å². The van der Waals surface area contributed by atoms with Gasteiger partial charge in [-0.1, -0.05) is 18.2 Å². The molecule has 1 fully saturated rings. The zero-order valence-electron chi connectivity index (χ0n) is 16.3. The SMILES string of the molecule is CN(c1ccccc1)c1cc(C(=O)N2CCN(c3ccc(F)cc3)CC2)ccn1. The van der Waals surface area contributed by atoms with Crippen molar-refractivity contribution in [2.24, 2.45) is 0 Å². The Morgan fingerprint density at radius 1 is 0.966 bits per heavy atom. The van der Waals surface area contributed by atoms with Gasteiger partial charge < -0.3 is 14.7 Å². The first kappa shape index (κ1) is 18.9. The molecule has 0 aliphatic carbocycles. The highest BCUT2D eigenvalue weighted by Crippen LogP contribution is 2.23. The zero-order valence-corrected chi connectivity index (χ0v) is 16.3. The van der Waals surface area contributed by atoms with Crippen LogP contribution in [0.25, 0.3) is 0 Å². The highest BCUT2D eigenvalue weighted by atomic mass is 19.1. The highest BCUT2D eigenvalue weighted by Gasteiger charge is 2.23. The third-order valence-corrected chi connectivity index (χ3v) is 5.24. The number of piperazine rings is 1. The number of hydrogen-bond donors (Lipinski definition) is 0. The summed E-state index contributed by atoms with van der Waals surface area (Å²) in [6.07, 6.45) is 1.68. The lowest BCUT2D eigenvalue weighted by molar-refractivity contribution is 0.0746. The molecule has 1 amide bonds. The molecule has 3 aromatic rings. The van der Waals surface area contributed by atoms with Gasteiger partial charge >= 0.3 is 0 Å². The van der Waals surface area contributed by atoms with Gasteiger partial charge in [-0.3, -0.25) is 4.79 Å². The number of benzene rings is 2. The van der Waals surface area contributed by atoms with Crippen LogP contribution in [0.1, 0.15) is 10.4 Å². The molecule has 1 aliphatic rings. The maximum atomic E-state index is 13.1. The smallest absolute Gasteiger partial charge is 0.254 e. The van der Waals surface area contributed by atoms with E-state index in [1.165, 1.54) is 12.1 Å². The number of aromatic nitrogens is 1. The van der Waals surface area contributed by atoms with Gasteiger partial charge in [-0.05, 0) is 48.5 Å². The first-order chi connectivity index (χ1) is 14.1. The minimum atomic E-state index is -0.239. The van der Waals surface area contributed by atoms with Crippen molar-refractivity contribution in [1.29, 1.82) is 0 Å². The average Bonchev–Trinajstić information content (AvgIpc) is 2.79. The number of para-hydroxylation sites is 1. The van der Waals surface area contributed by atoms with Crippen LogP contribution in [0, 0.1) is 5.82 Å². The molecule has 0 spiro atoms. The third-order valence-electron chi connectivity index (χ3n) is 5.24. The molecule has 4 rings (SSSR count). The fourth-order valence-corrected chi connectivity index (χ4v) is 3.52. The summed E-state index contributed by atoms with van der Waals surface area (Å²) in [5.74, 6) is 0.498. The number of halogens is 1.